The summed E-state index contributed by atoms with van der Waals surface area (Å²) in [7, 11) is -12.5. The van der Waals surface area contributed by atoms with Gasteiger partial charge in [0.15, 0.2) is 32.3 Å². The minimum Gasteiger partial charge on any atom is -0.294 e. The Morgan fingerprint density at radius 3 is 0.692 bits per heavy atom. The van der Waals surface area contributed by atoms with Crippen molar-refractivity contribution >= 4 is 165 Å². The van der Waals surface area contributed by atoms with E-state index in [2.05, 4.69) is 493 Å². The van der Waals surface area contributed by atoms with Crippen LogP contribution in [0.2, 0.25) is 0 Å². The Morgan fingerprint density at radius 1 is 0.162 bits per heavy atom. The van der Waals surface area contributed by atoms with Crippen LogP contribution in [0.4, 0.5) is 0 Å². The summed E-state index contributed by atoms with van der Waals surface area (Å²) < 4.78 is 7.31. The molecule has 21 aromatic rings. The van der Waals surface area contributed by atoms with Gasteiger partial charge >= 0.3 is 0 Å². The second kappa shape index (κ2) is 29.7. The van der Waals surface area contributed by atoms with Gasteiger partial charge in [-0.25, -0.2) is 9.97 Å². The van der Waals surface area contributed by atoms with Gasteiger partial charge in [-0.3, -0.25) is 13.5 Å². The maximum atomic E-state index is 6.24. The topological polar surface area (TPSA) is 40.0 Å². The first-order valence-corrected chi connectivity index (χ1v) is 48.4. The van der Waals surface area contributed by atoms with Crippen molar-refractivity contribution in [2.45, 2.75) is 0 Å². The van der Waals surface area contributed by atoms with Gasteiger partial charge in [-0.05, 0) is 143 Å². The number of pyridine rings is 1. The molecule has 17 aromatic carbocycles. The van der Waals surface area contributed by atoms with Crippen LogP contribution in [0.1, 0.15) is 0 Å². The second-order valence-corrected chi connectivity index (χ2v) is 45.9. The third-order valence-corrected chi connectivity index (χ3v) is 43.7. The van der Waals surface area contributed by atoms with Gasteiger partial charge in [-0.1, -0.05) is 431 Å². The third-order valence-electron chi connectivity index (χ3n) is 24.6. The number of nitrogens with zero attached hydrogens (tertiary/aromatic N) is 5. The maximum Gasteiger partial charge on any atom is 0.221 e. The average molecular weight is 1560 g/mol. The molecule has 0 N–H and O–H groups in total. The molecule has 0 spiro atoms. The van der Waals surface area contributed by atoms with Crippen LogP contribution in [-0.4, -0.2) is 55.8 Å². The van der Waals surface area contributed by atoms with Gasteiger partial charge in [0.05, 0.1) is 33.1 Å². The third kappa shape index (κ3) is 11.4. The van der Waals surface area contributed by atoms with E-state index in [0.29, 0.717) is 0 Å². The summed E-state index contributed by atoms with van der Waals surface area (Å²) in [5, 5.41) is 23.1. The smallest absolute Gasteiger partial charge is 0.221 e. The van der Waals surface area contributed by atoms with Crippen LogP contribution in [0, 0.1) is 0 Å². The SMILES string of the molecule is c1ccc(-c2cc(-n3c4ccc([Si](c5ccccc5)(c5ccccc5)c5ccccc5)cc4c4cc([Si](c5ccccc5)(c5ccccc5)c5ccccc5)ccc43)nc(-n3c4ccc([Si](c5ccccc5)(c5ccccc5)c5ccccc5)cc4n4c5cc([Si](c6ccccc6)(c6ccccc6)c6ccccc6)ccc5nc34)c2)cc1. The lowest BCUT2D eigenvalue weighted by Crippen LogP contribution is -2.74. The van der Waals surface area contributed by atoms with Crippen LogP contribution < -0.4 is 83.0 Å². The molecule has 9 heteroatoms. The molecule has 5 nitrogen and oxygen atoms in total. The van der Waals surface area contributed by atoms with Crippen LogP contribution in [-0.2, 0) is 0 Å². The predicted octanol–water partition coefficient (Wildman–Crippen LogP) is 14.1. The number of benzene rings is 17. The van der Waals surface area contributed by atoms with Crippen LogP contribution in [0.5, 0.6) is 0 Å². The average Bonchev–Trinajstić information content (AvgIpc) is 1.60. The highest BCUT2D eigenvalue weighted by atomic mass is 28.3. The molecular weight excluding hydrogens is 1480 g/mol. The standard InChI is InChI=1S/C108H79N5Si4/c1-14-40-80(41-15-1)81-74-106(111-101-71-67-94(114(82-42-16-2-17-43-82,83-44-18-3-19-45-83)84-46-20-4-21-47-84)76-98(101)99-77-95(68-72-102(99)111)115(85-48-22-5-23-49-85,86-50-24-6-25-51-86)87-52-26-7-27-53-87)110-107(75-81)113-103-73-69-97(117(91-60-34-11-35-61-91,92-62-36-12-37-63-92)93-64-38-13-39-65-93)79-105(103)112-104-78-96(66-70-100(104)109-108(112)113)116(88-54-28-8-29-55-88,89-56-30-9-31-57-89)90-58-32-10-33-59-90/h1-79H. The molecule has 0 saturated carbocycles. The van der Waals surface area contributed by atoms with Gasteiger partial charge in [0.1, 0.15) is 11.6 Å². The molecule has 4 heterocycles. The van der Waals surface area contributed by atoms with E-state index in [1.54, 1.807) is 0 Å². The molecule has 552 valence electrons. The molecule has 0 amide bonds. The van der Waals surface area contributed by atoms with E-state index in [-0.39, 0.29) is 0 Å². The van der Waals surface area contributed by atoms with E-state index in [0.717, 1.165) is 72.4 Å². The number of aromatic nitrogens is 5. The minimum atomic E-state index is -3.14. The summed E-state index contributed by atoms with van der Waals surface area (Å²) in [6.07, 6.45) is 0. The van der Waals surface area contributed by atoms with E-state index in [1.165, 1.54) is 83.0 Å². The van der Waals surface area contributed by atoms with Crippen molar-refractivity contribution in [2.75, 3.05) is 0 Å². The molecule has 117 heavy (non-hydrogen) atoms. The summed E-state index contributed by atoms with van der Waals surface area (Å²) >= 11 is 0. The minimum absolute atomic E-state index is 0.740. The molecule has 0 radical (unpaired) electrons. The van der Waals surface area contributed by atoms with Crippen LogP contribution in [0.3, 0.4) is 0 Å². The summed E-state index contributed by atoms with van der Waals surface area (Å²) in [5.41, 5.74) is 8.12. The fraction of sp³-hybridized carbons (Fsp3) is 0. The molecular formula is C108H79N5Si4. The Labute approximate surface area is 685 Å². The van der Waals surface area contributed by atoms with E-state index in [4.69, 9.17) is 9.97 Å². The van der Waals surface area contributed by atoms with Crippen molar-refractivity contribution in [3.8, 4) is 22.8 Å². The van der Waals surface area contributed by atoms with E-state index < -0.39 is 32.3 Å². The summed E-state index contributed by atoms with van der Waals surface area (Å²) in [6, 6.07) is 181. The highest BCUT2D eigenvalue weighted by Gasteiger charge is 2.47. The zero-order chi connectivity index (χ0) is 77.8. The lowest BCUT2D eigenvalue weighted by molar-refractivity contribution is 0.997. The van der Waals surface area contributed by atoms with Gasteiger partial charge in [-0.15, -0.1) is 0 Å². The molecule has 4 aromatic heterocycles. The van der Waals surface area contributed by atoms with Crippen molar-refractivity contribution in [3.05, 3.63) is 479 Å². The molecule has 0 aliphatic carbocycles. The number of rotatable bonds is 19. The number of hydrogen-bond acceptors (Lipinski definition) is 2. The normalized spacial score (nSPS) is 12.1. The van der Waals surface area contributed by atoms with Gasteiger partial charge in [-0.2, -0.15) is 0 Å². The van der Waals surface area contributed by atoms with Crippen LogP contribution >= 0.6 is 0 Å². The first kappa shape index (κ1) is 70.7. The van der Waals surface area contributed by atoms with Gasteiger partial charge in [0, 0.05) is 10.8 Å². The fourth-order valence-electron chi connectivity index (χ4n) is 19.7. The molecule has 0 aliphatic rings. The Balaban J connectivity index is 0.886. The van der Waals surface area contributed by atoms with Crippen molar-refractivity contribution in [1.82, 2.24) is 23.5 Å². The number of imidazole rings is 2. The van der Waals surface area contributed by atoms with Crippen molar-refractivity contribution < 1.29 is 0 Å². The summed E-state index contributed by atoms with van der Waals surface area (Å²) in [4.78, 5) is 12.2. The zero-order valence-electron chi connectivity index (χ0n) is 64.3. The zero-order valence-corrected chi connectivity index (χ0v) is 68.3. The fourth-order valence-corrected chi connectivity index (χ4v) is 38.7. The molecule has 0 saturated heterocycles. The van der Waals surface area contributed by atoms with Crippen molar-refractivity contribution in [3.63, 3.8) is 0 Å². The summed E-state index contributed by atoms with van der Waals surface area (Å²) in [6.45, 7) is 0. The molecule has 0 aliphatic heterocycles. The van der Waals surface area contributed by atoms with Gasteiger partial charge < -0.3 is 0 Å². The Bertz CT molecular complexity index is 6560. The second-order valence-electron chi connectivity index (χ2n) is 30.6. The highest BCUT2D eigenvalue weighted by Crippen LogP contribution is 2.37. The van der Waals surface area contributed by atoms with Gasteiger partial charge in [0.25, 0.3) is 0 Å². The van der Waals surface area contributed by atoms with E-state index in [1.807, 2.05) is 0 Å². The molecule has 0 unspecified atom stereocenters. The number of fused-ring (bicyclic) bond motifs is 8. The number of hydrogen-bond donors (Lipinski definition) is 0. The Hall–Kier alpha value is -14.2. The van der Waals surface area contributed by atoms with E-state index >= 15 is 0 Å². The molecule has 0 bridgehead atoms. The van der Waals surface area contributed by atoms with Crippen LogP contribution in [0.15, 0.2) is 479 Å². The molecule has 21 rings (SSSR count). The van der Waals surface area contributed by atoms with Crippen molar-refractivity contribution in [1.29, 1.82) is 0 Å². The maximum absolute atomic E-state index is 6.24. The Morgan fingerprint density at radius 2 is 0.402 bits per heavy atom. The summed E-state index contributed by atoms with van der Waals surface area (Å²) in [5.74, 6) is 2.29. The van der Waals surface area contributed by atoms with Crippen LogP contribution in [0.25, 0.3) is 72.4 Å². The molecule has 0 fully saturated rings. The highest BCUT2D eigenvalue weighted by molar-refractivity contribution is 7.22. The van der Waals surface area contributed by atoms with Crippen molar-refractivity contribution in [2.24, 2.45) is 0 Å². The van der Waals surface area contributed by atoms with Gasteiger partial charge in [0.2, 0.25) is 5.78 Å². The Kier molecular flexibility index (Phi) is 17.9. The first-order chi connectivity index (χ1) is 58.0. The van der Waals surface area contributed by atoms with E-state index in [9.17, 15) is 0 Å². The predicted molar refractivity (Wildman–Crippen MR) is 502 cm³/mol. The monoisotopic (exact) mass is 1560 g/mol. The lowest BCUT2D eigenvalue weighted by Gasteiger charge is -2.34. The quantitative estimate of drug-likeness (QED) is 0.0598. The first-order valence-electron chi connectivity index (χ1n) is 40.4. The molecule has 0 atom stereocenters. The lowest BCUT2D eigenvalue weighted by atomic mass is 10.1. The largest absolute Gasteiger partial charge is 0.294 e.